The van der Waals surface area contributed by atoms with Crippen molar-refractivity contribution in [2.24, 2.45) is 5.92 Å². The van der Waals surface area contributed by atoms with E-state index < -0.39 is 22.0 Å². The topological polar surface area (TPSA) is 125 Å². The number of para-hydroxylation sites is 1. The number of carbonyl (C=O) groups is 1. The Labute approximate surface area is 240 Å². The Balaban J connectivity index is 1.40. The van der Waals surface area contributed by atoms with Crippen molar-refractivity contribution in [1.29, 1.82) is 0 Å². The number of fused-ring (bicyclic) bond motifs is 1. The van der Waals surface area contributed by atoms with Gasteiger partial charge in [-0.15, -0.1) is 0 Å². The van der Waals surface area contributed by atoms with Crippen molar-refractivity contribution in [2.45, 2.75) is 44.1 Å². The highest BCUT2D eigenvalue weighted by molar-refractivity contribution is 7.90. The number of carbonyl (C=O) groups excluding carboxylic acids is 1. The number of benzene rings is 1. The molecule has 0 spiro atoms. The summed E-state index contributed by atoms with van der Waals surface area (Å²) in [5.41, 5.74) is 3.29. The number of piperidine rings is 1. The van der Waals surface area contributed by atoms with Crippen LogP contribution in [-0.2, 0) is 24.2 Å². The molecule has 220 valence electrons. The second-order valence-electron chi connectivity index (χ2n) is 11.2. The van der Waals surface area contributed by atoms with E-state index in [-0.39, 0.29) is 18.1 Å². The molecule has 1 saturated carbocycles. The number of pyridine rings is 1. The normalized spacial score (nSPS) is 20.7. The molecule has 1 N–H and O–H groups in total. The number of aromatic nitrogens is 3. The molecule has 3 aromatic rings. The molecule has 2 aliphatic heterocycles. The Morgan fingerprint density at radius 2 is 1.90 bits per heavy atom. The van der Waals surface area contributed by atoms with Crippen LogP contribution in [0.4, 0.5) is 5.69 Å². The molecule has 1 amide bonds. The zero-order valence-corrected chi connectivity index (χ0v) is 24.1. The lowest BCUT2D eigenvalue weighted by atomic mass is 9.82. The van der Waals surface area contributed by atoms with Crippen LogP contribution in [0.1, 0.15) is 54.2 Å². The number of nitrogens with one attached hydrogen (secondary N) is 1. The maximum absolute atomic E-state index is 13.5. The fraction of sp³-hybridized carbons (Fsp3) is 0.552. The zero-order valence-electron chi connectivity index (χ0n) is 23.3. The van der Waals surface area contributed by atoms with Crippen molar-refractivity contribution in [2.75, 3.05) is 57.3 Å². The molecule has 1 aromatic carbocycles. The Kier molecular flexibility index (Phi) is 8.25. The summed E-state index contributed by atoms with van der Waals surface area (Å²) in [5.74, 6) is -0.336. The maximum Gasteiger partial charge on any atom is 0.283 e. The standard InChI is InChI=1S/C29H37N5O6S/c1-38-17-20-10-12-33(13-11-20)25-16-24(29(35)32-41(36,37)19-23-18-39-14-15-40-23)30-28-26(25)27(21-6-5-7-21)31-34(28)22-8-3-2-4-9-22/h2-4,8-9,16,20-21,23H,5-7,10-15,17-19H2,1H3,(H,32,35). The predicted octanol–water partition coefficient (Wildman–Crippen LogP) is 3.03. The molecule has 1 unspecified atom stereocenters. The number of hydrogen-bond acceptors (Lipinski definition) is 9. The van der Waals surface area contributed by atoms with E-state index in [1.54, 1.807) is 17.9 Å². The van der Waals surface area contributed by atoms with Gasteiger partial charge in [-0.3, -0.25) is 4.79 Å². The van der Waals surface area contributed by atoms with E-state index in [9.17, 15) is 13.2 Å². The van der Waals surface area contributed by atoms with Crippen molar-refractivity contribution in [1.82, 2.24) is 19.5 Å². The average Bonchev–Trinajstić information content (AvgIpc) is 3.32. The van der Waals surface area contributed by atoms with Crippen LogP contribution in [0.3, 0.4) is 0 Å². The lowest BCUT2D eigenvalue weighted by molar-refractivity contribution is -0.0782. The maximum atomic E-state index is 13.5. The number of hydrogen-bond donors (Lipinski definition) is 1. The highest BCUT2D eigenvalue weighted by Crippen LogP contribution is 2.43. The van der Waals surface area contributed by atoms with E-state index in [4.69, 9.17) is 24.3 Å². The summed E-state index contributed by atoms with van der Waals surface area (Å²) >= 11 is 0. The van der Waals surface area contributed by atoms with Crippen LogP contribution in [0.5, 0.6) is 0 Å². The minimum Gasteiger partial charge on any atom is -0.384 e. The van der Waals surface area contributed by atoms with Gasteiger partial charge in [0.2, 0.25) is 10.0 Å². The van der Waals surface area contributed by atoms with Gasteiger partial charge in [0.05, 0.1) is 54.1 Å². The third kappa shape index (κ3) is 6.11. The Hall–Kier alpha value is -3.06. The second kappa shape index (κ2) is 12.0. The summed E-state index contributed by atoms with van der Waals surface area (Å²) in [6, 6.07) is 11.5. The lowest BCUT2D eigenvalue weighted by Crippen LogP contribution is -2.41. The smallest absolute Gasteiger partial charge is 0.283 e. The molecule has 4 heterocycles. The summed E-state index contributed by atoms with van der Waals surface area (Å²) in [7, 11) is -2.26. The number of anilines is 1. The first-order chi connectivity index (χ1) is 19.9. The van der Waals surface area contributed by atoms with Crippen LogP contribution < -0.4 is 9.62 Å². The number of amides is 1. The summed E-state index contributed by atoms with van der Waals surface area (Å²) in [6.45, 7) is 3.24. The van der Waals surface area contributed by atoms with E-state index >= 15 is 0 Å². The van der Waals surface area contributed by atoms with Gasteiger partial charge in [0.25, 0.3) is 5.91 Å². The second-order valence-corrected chi connectivity index (χ2v) is 12.9. The molecule has 41 heavy (non-hydrogen) atoms. The molecular weight excluding hydrogens is 546 g/mol. The summed E-state index contributed by atoms with van der Waals surface area (Å²) in [6.07, 6.45) is 4.57. The molecule has 3 aliphatic rings. The highest BCUT2D eigenvalue weighted by Gasteiger charge is 2.32. The molecule has 0 bridgehead atoms. The van der Waals surface area contributed by atoms with E-state index in [0.29, 0.717) is 30.7 Å². The first-order valence-electron chi connectivity index (χ1n) is 14.4. The minimum absolute atomic E-state index is 0.0353. The van der Waals surface area contributed by atoms with E-state index in [0.717, 1.165) is 74.3 Å². The largest absolute Gasteiger partial charge is 0.384 e. The number of nitrogens with zero attached hydrogens (tertiary/aromatic N) is 4. The fourth-order valence-electron chi connectivity index (χ4n) is 5.89. The van der Waals surface area contributed by atoms with Crippen molar-refractivity contribution >= 4 is 32.7 Å². The highest BCUT2D eigenvalue weighted by atomic mass is 32.2. The van der Waals surface area contributed by atoms with Crippen LogP contribution in [0, 0.1) is 5.92 Å². The van der Waals surface area contributed by atoms with Gasteiger partial charge >= 0.3 is 0 Å². The fourth-order valence-corrected chi connectivity index (χ4v) is 7.05. The Bertz CT molecular complexity index is 1480. The quantitative estimate of drug-likeness (QED) is 0.405. The van der Waals surface area contributed by atoms with Gasteiger partial charge in [0, 0.05) is 32.7 Å². The molecule has 2 aromatic heterocycles. The van der Waals surface area contributed by atoms with Crippen molar-refractivity contribution in [3.8, 4) is 5.69 Å². The number of ether oxygens (including phenoxy) is 3. The van der Waals surface area contributed by atoms with Gasteiger partial charge in [-0.05, 0) is 49.8 Å². The zero-order chi connectivity index (χ0) is 28.4. The third-order valence-electron chi connectivity index (χ3n) is 8.27. The van der Waals surface area contributed by atoms with Gasteiger partial charge in [0.15, 0.2) is 5.65 Å². The SMILES string of the molecule is COCC1CCN(c2cc(C(=O)NS(=O)(=O)CC3COCCO3)nc3c2c(C2CCC2)nn3-c2ccccc2)CC1. The Morgan fingerprint density at radius 3 is 2.56 bits per heavy atom. The van der Waals surface area contributed by atoms with Crippen LogP contribution in [-0.4, -0.2) is 87.6 Å². The monoisotopic (exact) mass is 583 g/mol. The van der Waals surface area contributed by atoms with Crippen molar-refractivity contribution in [3.63, 3.8) is 0 Å². The Morgan fingerprint density at radius 1 is 1.12 bits per heavy atom. The minimum atomic E-state index is -3.99. The molecule has 1 aliphatic carbocycles. The van der Waals surface area contributed by atoms with Gasteiger partial charge in [-0.2, -0.15) is 5.10 Å². The molecule has 3 fully saturated rings. The molecule has 11 nitrogen and oxygen atoms in total. The third-order valence-corrected chi connectivity index (χ3v) is 9.57. The predicted molar refractivity (Wildman–Crippen MR) is 154 cm³/mol. The number of sulfonamides is 1. The average molecular weight is 584 g/mol. The van der Waals surface area contributed by atoms with Gasteiger partial charge in [-0.1, -0.05) is 24.6 Å². The van der Waals surface area contributed by atoms with Crippen LogP contribution in [0.15, 0.2) is 36.4 Å². The summed E-state index contributed by atoms with van der Waals surface area (Å²) in [4.78, 5) is 20.5. The molecule has 6 rings (SSSR count). The lowest BCUT2D eigenvalue weighted by Gasteiger charge is -2.34. The van der Waals surface area contributed by atoms with Gasteiger partial charge in [0.1, 0.15) is 5.69 Å². The first-order valence-corrected chi connectivity index (χ1v) is 16.0. The van der Waals surface area contributed by atoms with E-state index in [2.05, 4.69) is 9.62 Å². The first kappa shape index (κ1) is 28.1. The molecular formula is C29H37N5O6S. The molecule has 0 radical (unpaired) electrons. The molecule has 1 atom stereocenters. The number of rotatable bonds is 9. The molecule has 2 saturated heterocycles. The molecule has 12 heteroatoms. The summed E-state index contributed by atoms with van der Waals surface area (Å²) < 4.78 is 46.1. The van der Waals surface area contributed by atoms with Crippen LogP contribution in [0.25, 0.3) is 16.7 Å². The van der Waals surface area contributed by atoms with E-state index in [1.165, 1.54) is 0 Å². The number of methoxy groups -OCH3 is 1. The van der Waals surface area contributed by atoms with Gasteiger partial charge in [-0.25, -0.2) is 22.8 Å². The van der Waals surface area contributed by atoms with Crippen LogP contribution in [0.2, 0.25) is 0 Å². The van der Waals surface area contributed by atoms with Crippen molar-refractivity contribution in [3.05, 3.63) is 47.8 Å². The summed E-state index contributed by atoms with van der Waals surface area (Å²) in [5, 5.41) is 6.00. The van der Waals surface area contributed by atoms with Crippen molar-refractivity contribution < 1.29 is 27.4 Å². The van der Waals surface area contributed by atoms with Gasteiger partial charge < -0.3 is 19.1 Å². The van der Waals surface area contributed by atoms with E-state index in [1.807, 2.05) is 30.3 Å². The van der Waals surface area contributed by atoms with Crippen LogP contribution >= 0.6 is 0 Å².